The molecule has 1 aliphatic carbocycles. The van der Waals surface area contributed by atoms with Crippen molar-refractivity contribution in [1.82, 2.24) is 14.8 Å². The SMILES string of the molecule is Cc1ccn(CCN2CCOCC2)c(=O)c1C(=O)NCC1(c2ccccc2)CC1(C)C. The van der Waals surface area contributed by atoms with Gasteiger partial charge >= 0.3 is 0 Å². The Morgan fingerprint density at radius 1 is 1.10 bits per heavy atom. The van der Waals surface area contributed by atoms with Crippen LogP contribution in [0.25, 0.3) is 0 Å². The Bertz CT molecular complexity index is 993. The van der Waals surface area contributed by atoms with E-state index in [4.69, 9.17) is 4.74 Å². The maximum absolute atomic E-state index is 13.1. The van der Waals surface area contributed by atoms with E-state index in [1.165, 1.54) is 5.56 Å². The zero-order valence-corrected chi connectivity index (χ0v) is 18.8. The number of carbonyl (C=O) groups is 1. The van der Waals surface area contributed by atoms with Crippen LogP contribution in [0.5, 0.6) is 0 Å². The molecule has 1 amide bonds. The molecule has 0 bridgehead atoms. The van der Waals surface area contributed by atoms with Crippen molar-refractivity contribution in [3.63, 3.8) is 0 Å². The van der Waals surface area contributed by atoms with E-state index >= 15 is 0 Å². The lowest BCUT2D eigenvalue weighted by atomic mass is 9.87. The van der Waals surface area contributed by atoms with Crippen LogP contribution < -0.4 is 10.9 Å². The van der Waals surface area contributed by atoms with E-state index < -0.39 is 0 Å². The van der Waals surface area contributed by atoms with Gasteiger partial charge in [-0.2, -0.15) is 0 Å². The van der Waals surface area contributed by atoms with Crippen LogP contribution >= 0.6 is 0 Å². The molecule has 4 rings (SSSR count). The van der Waals surface area contributed by atoms with Crippen molar-refractivity contribution in [2.24, 2.45) is 5.41 Å². The van der Waals surface area contributed by atoms with Gasteiger partial charge in [0.25, 0.3) is 11.5 Å². The third kappa shape index (κ3) is 4.32. The van der Waals surface area contributed by atoms with E-state index in [9.17, 15) is 9.59 Å². The quantitative estimate of drug-likeness (QED) is 0.744. The number of aryl methyl sites for hydroxylation is 1. The fourth-order valence-electron chi connectivity index (χ4n) is 4.87. The van der Waals surface area contributed by atoms with Gasteiger partial charge < -0.3 is 14.6 Å². The van der Waals surface area contributed by atoms with E-state index in [1.807, 2.05) is 31.2 Å². The fraction of sp³-hybridized carbons (Fsp3) is 0.520. The van der Waals surface area contributed by atoms with Gasteiger partial charge in [0, 0.05) is 44.3 Å². The molecule has 1 aromatic heterocycles. The highest BCUT2D eigenvalue weighted by atomic mass is 16.5. The minimum absolute atomic E-state index is 0.0814. The zero-order valence-electron chi connectivity index (χ0n) is 18.8. The third-order valence-electron chi connectivity index (χ3n) is 7.15. The van der Waals surface area contributed by atoms with Gasteiger partial charge in [0.05, 0.1) is 13.2 Å². The molecule has 2 aliphatic rings. The largest absolute Gasteiger partial charge is 0.379 e. The summed E-state index contributed by atoms with van der Waals surface area (Å²) < 4.78 is 7.04. The molecule has 2 fully saturated rings. The molecule has 1 unspecified atom stereocenters. The normalized spacial score (nSPS) is 22.8. The molecule has 1 saturated heterocycles. The Morgan fingerprint density at radius 3 is 2.42 bits per heavy atom. The standard InChI is InChI=1S/C25H33N3O3/c1-19-9-10-28(12-11-27-13-15-31-16-14-27)23(30)21(19)22(29)26-18-25(17-24(25,2)3)20-7-5-4-6-8-20/h4-10H,11-18H2,1-3H3,(H,26,29). The number of pyridine rings is 1. The summed E-state index contributed by atoms with van der Waals surface area (Å²) in [7, 11) is 0. The van der Waals surface area contributed by atoms with Crippen LogP contribution in [0, 0.1) is 12.3 Å². The second kappa shape index (κ2) is 8.60. The first-order valence-electron chi connectivity index (χ1n) is 11.2. The van der Waals surface area contributed by atoms with Crippen molar-refractivity contribution in [3.05, 3.63) is 69.6 Å². The van der Waals surface area contributed by atoms with Crippen molar-refractivity contribution in [3.8, 4) is 0 Å². The van der Waals surface area contributed by atoms with Gasteiger partial charge in [-0.05, 0) is 36.0 Å². The highest BCUT2D eigenvalue weighted by Crippen LogP contribution is 2.63. The number of morpholine rings is 1. The summed E-state index contributed by atoms with van der Waals surface area (Å²) in [5, 5.41) is 3.09. The fourth-order valence-corrected chi connectivity index (χ4v) is 4.87. The number of benzene rings is 1. The van der Waals surface area contributed by atoms with E-state index in [0.717, 1.165) is 39.3 Å². The van der Waals surface area contributed by atoms with Crippen LogP contribution in [-0.2, 0) is 16.7 Å². The van der Waals surface area contributed by atoms with E-state index in [1.54, 1.807) is 10.8 Å². The Labute approximate surface area is 184 Å². The first-order chi connectivity index (χ1) is 14.8. The topological polar surface area (TPSA) is 63.6 Å². The Hall–Kier alpha value is -2.44. The maximum atomic E-state index is 13.1. The van der Waals surface area contributed by atoms with Gasteiger partial charge in [0.2, 0.25) is 0 Å². The number of aromatic nitrogens is 1. The second-order valence-electron chi connectivity index (χ2n) is 9.52. The lowest BCUT2D eigenvalue weighted by molar-refractivity contribution is 0.0362. The highest BCUT2D eigenvalue weighted by molar-refractivity contribution is 5.95. The molecule has 0 spiro atoms. The number of hydrogen-bond donors (Lipinski definition) is 1. The van der Waals surface area contributed by atoms with E-state index in [2.05, 4.69) is 36.2 Å². The molecule has 0 radical (unpaired) electrons. The third-order valence-corrected chi connectivity index (χ3v) is 7.15. The second-order valence-corrected chi connectivity index (χ2v) is 9.52. The summed E-state index contributed by atoms with van der Waals surface area (Å²) in [6, 6.07) is 12.2. The van der Waals surface area contributed by atoms with Crippen molar-refractivity contribution in [2.75, 3.05) is 39.4 Å². The molecule has 1 aliphatic heterocycles. The van der Waals surface area contributed by atoms with Crippen LogP contribution in [0.2, 0.25) is 0 Å². The molecule has 31 heavy (non-hydrogen) atoms. The van der Waals surface area contributed by atoms with Gasteiger partial charge in [-0.1, -0.05) is 44.2 Å². The predicted molar refractivity (Wildman–Crippen MR) is 122 cm³/mol. The summed E-state index contributed by atoms with van der Waals surface area (Å²) in [5.74, 6) is -0.277. The molecule has 166 valence electrons. The highest BCUT2D eigenvalue weighted by Gasteiger charge is 2.61. The molecule has 6 heteroatoms. The lowest BCUT2D eigenvalue weighted by Crippen LogP contribution is -2.41. The smallest absolute Gasteiger partial charge is 0.263 e. The minimum Gasteiger partial charge on any atom is -0.379 e. The minimum atomic E-state index is -0.277. The molecular formula is C25H33N3O3. The van der Waals surface area contributed by atoms with E-state index in [-0.39, 0.29) is 27.9 Å². The Morgan fingerprint density at radius 2 is 1.77 bits per heavy atom. The molecule has 1 atom stereocenters. The number of ether oxygens (including phenoxy) is 1. The average molecular weight is 424 g/mol. The van der Waals surface area contributed by atoms with Gasteiger partial charge in [-0.3, -0.25) is 14.5 Å². The molecule has 1 N–H and O–H groups in total. The number of nitrogens with one attached hydrogen (secondary N) is 1. The first-order valence-corrected chi connectivity index (χ1v) is 11.2. The number of nitrogens with zero attached hydrogens (tertiary/aromatic N) is 2. The monoisotopic (exact) mass is 423 g/mol. The average Bonchev–Trinajstić information content (AvgIpc) is 3.35. The maximum Gasteiger partial charge on any atom is 0.263 e. The van der Waals surface area contributed by atoms with Gasteiger partial charge in [0.1, 0.15) is 5.56 Å². The van der Waals surface area contributed by atoms with E-state index in [0.29, 0.717) is 18.7 Å². The molecule has 1 saturated carbocycles. The summed E-state index contributed by atoms with van der Waals surface area (Å²) in [4.78, 5) is 28.5. The molecule has 2 heterocycles. The van der Waals surface area contributed by atoms with Gasteiger partial charge in [0.15, 0.2) is 0 Å². The molecule has 2 aromatic rings. The number of rotatable bonds is 7. The zero-order chi connectivity index (χ0) is 22.1. The van der Waals surface area contributed by atoms with Crippen LogP contribution in [0.15, 0.2) is 47.4 Å². The van der Waals surface area contributed by atoms with Crippen molar-refractivity contribution in [2.45, 2.75) is 39.2 Å². The van der Waals surface area contributed by atoms with Crippen LogP contribution in [0.4, 0.5) is 0 Å². The predicted octanol–water partition coefficient (Wildman–Crippen LogP) is 2.59. The molecule has 6 nitrogen and oxygen atoms in total. The summed E-state index contributed by atoms with van der Waals surface area (Å²) in [5.41, 5.74) is 2.04. The summed E-state index contributed by atoms with van der Waals surface area (Å²) >= 11 is 0. The number of carbonyl (C=O) groups excluding carboxylic acids is 1. The van der Waals surface area contributed by atoms with Crippen LogP contribution in [-0.4, -0.2) is 54.8 Å². The lowest BCUT2D eigenvalue weighted by Gasteiger charge is -2.26. The van der Waals surface area contributed by atoms with Gasteiger partial charge in [-0.25, -0.2) is 0 Å². The van der Waals surface area contributed by atoms with Crippen LogP contribution in [0.1, 0.15) is 41.8 Å². The summed E-state index contributed by atoms with van der Waals surface area (Å²) in [6.45, 7) is 11.4. The van der Waals surface area contributed by atoms with Crippen molar-refractivity contribution in [1.29, 1.82) is 0 Å². The van der Waals surface area contributed by atoms with Gasteiger partial charge in [-0.15, -0.1) is 0 Å². The first kappa shape index (κ1) is 21.8. The Kier molecular flexibility index (Phi) is 6.04. The molecular weight excluding hydrogens is 390 g/mol. The van der Waals surface area contributed by atoms with Crippen LogP contribution in [0.3, 0.4) is 0 Å². The van der Waals surface area contributed by atoms with Crippen molar-refractivity contribution >= 4 is 5.91 Å². The summed E-state index contributed by atoms with van der Waals surface area (Å²) in [6.07, 6.45) is 2.81. The Balaban J connectivity index is 1.47. The number of hydrogen-bond acceptors (Lipinski definition) is 4. The van der Waals surface area contributed by atoms with Crippen molar-refractivity contribution < 1.29 is 9.53 Å². The number of amides is 1. The molecule has 1 aromatic carbocycles.